The number of urea groups is 1. The molecule has 3 aromatic rings. The normalized spacial score (nSPS) is 15.3. The second-order valence-electron chi connectivity index (χ2n) is 6.09. The van der Waals surface area contributed by atoms with E-state index in [4.69, 9.17) is 9.47 Å². The van der Waals surface area contributed by atoms with Crippen molar-refractivity contribution in [1.82, 2.24) is 25.5 Å². The molecule has 0 aliphatic carbocycles. The van der Waals surface area contributed by atoms with Crippen LogP contribution in [0.4, 0.5) is 14.9 Å². The summed E-state index contributed by atoms with van der Waals surface area (Å²) in [6.07, 6.45) is 1.97. The summed E-state index contributed by atoms with van der Waals surface area (Å²) in [7, 11) is 1.53. The molecule has 2 aromatic carbocycles. The number of fused-ring (bicyclic) bond motifs is 1. The first kappa shape index (κ1) is 17.7. The minimum absolute atomic E-state index is 0.185. The Morgan fingerprint density at radius 3 is 3.04 bits per heavy atom. The lowest BCUT2D eigenvalue weighted by Crippen LogP contribution is -2.35. The van der Waals surface area contributed by atoms with Gasteiger partial charge in [0.15, 0.2) is 11.6 Å². The SMILES string of the molecule is COc1ccc(NC(=O)N[C@H]2CCOc3c(F)cccc32)cc1-n1cnnn1. The van der Waals surface area contributed by atoms with Crippen LogP contribution in [0.5, 0.6) is 11.5 Å². The second kappa shape index (κ2) is 7.51. The number of halogens is 1. The molecule has 9 nitrogen and oxygen atoms in total. The number of benzene rings is 2. The standard InChI is InChI=1S/C18H17FN6O3/c1-27-16-6-5-11(9-15(16)25-10-20-23-24-25)21-18(26)22-14-7-8-28-17-12(14)3-2-4-13(17)19/h2-6,9-10,14H,7-8H2,1H3,(H2,21,22,26)/t14-/m0/s1. The van der Waals surface area contributed by atoms with E-state index in [1.165, 1.54) is 24.2 Å². The summed E-state index contributed by atoms with van der Waals surface area (Å²) in [6.45, 7) is 0.324. The van der Waals surface area contributed by atoms with Crippen LogP contribution in [0.1, 0.15) is 18.0 Å². The van der Waals surface area contributed by atoms with Gasteiger partial charge in [-0.2, -0.15) is 4.68 Å². The number of carbonyl (C=O) groups excluding carboxylic acids is 1. The average molecular weight is 384 g/mol. The van der Waals surface area contributed by atoms with E-state index in [2.05, 4.69) is 26.2 Å². The van der Waals surface area contributed by atoms with Gasteiger partial charge in [0.2, 0.25) is 0 Å². The molecule has 4 rings (SSSR count). The van der Waals surface area contributed by atoms with Crippen LogP contribution in [-0.2, 0) is 0 Å². The number of hydrogen-bond acceptors (Lipinski definition) is 6. The fourth-order valence-electron chi connectivity index (χ4n) is 3.08. The predicted molar refractivity (Wildman–Crippen MR) is 97.1 cm³/mol. The lowest BCUT2D eigenvalue weighted by atomic mass is 10.0. The van der Waals surface area contributed by atoms with Crippen LogP contribution in [0, 0.1) is 5.82 Å². The molecule has 1 aromatic heterocycles. The van der Waals surface area contributed by atoms with Gasteiger partial charge in [0.05, 0.1) is 19.8 Å². The molecular weight excluding hydrogens is 367 g/mol. The lowest BCUT2D eigenvalue weighted by molar-refractivity contribution is 0.227. The third kappa shape index (κ3) is 3.43. The number of nitrogens with zero attached hydrogens (tertiary/aromatic N) is 4. The van der Waals surface area contributed by atoms with Crippen molar-refractivity contribution < 1.29 is 18.7 Å². The molecule has 0 saturated carbocycles. The van der Waals surface area contributed by atoms with Gasteiger partial charge in [0.1, 0.15) is 17.8 Å². The zero-order valence-corrected chi connectivity index (χ0v) is 14.9. The fraction of sp³-hybridized carbons (Fsp3) is 0.222. The Morgan fingerprint density at radius 1 is 1.36 bits per heavy atom. The molecule has 0 fully saturated rings. The van der Waals surface area contributed by atoms with E-state index in [-0.39, 0.29) is 11.8 Å². The number of anilines is 1. The quantitative estimate of drug-likeness (QED) is 0.716. The van der Waals surface area contributed by atoms with Crippen LogP contribution in [0.25, 0.3) is 5.69 Å². The van der Waals surface area contributed by atoms with E-state index in [9.17, 15) is 9.18 Å². The van der Waals surface area contributed by atoms with Gasteiger partial charge in [0.25, 0.3) is 0 Å². The number of para-hydroxylation sites is 1. The molecule has 0 bridgehead atoms. The number of ether oxygens (including phenoxy) is 2. The summed E-state index contributed by atoms with van der Waals surface area (Å²) >= 11 is 0. The van der Waals surface area contributed by atoms with Crippen LogP contribution >= 0.6 is 0 Å². The highest BCUT2D eigenvalue weighted by molar-refractivity contribution is 5.90. The van der Waals surface area contributed by atoms with Crippen LogP contribution in [0.2, 0.25) is 0 Å². The number of aromatic nitrogens is 4. The number of methoxy groups -OCH3 is 1. The number of tetrazole rings is 1. The number of amides is 2. The molecule has 2 N–H and O–H groups in total. The molecule has 1 aliphatic rings. The highest BCUT2D eigenvalue weighted by Crippen LogP contribution is 2.34. The minimum atomic E-state index is -0.439. The smallest absolute Gasteiger partial charge is 0.319 e. The Balaban J connectivity index is 1.51. The third-order valence-electron chi connectivity index (χ3n) is 4.36. The molecule has 1 aliphatic heterocycles. The molecule has 2 heterocycles. The van der Waals surface area contributed by atoms with Gasteiger partial charge < -0.3 is 20.1 Å². The van der Waals surface area contributed by atoms with Gasteiger partial charge in [-0.1, -0.05) is 12.1 Å². The fourth-order valence-corrected chi connectivity index (χ4v) is 3.08. The summed E-state index contributed by atoms with van der Waals surface area (Å²) < 4.78 is 26.0. The van der Waals surface area contributed by atoms with E-state index in [0.29, 0.717) is 35.7 Å². The highest BCUT2D eigenvalue weighted by Gasteiger charge is 2.25. The zero-order chi connectivity index (χ0) is 19.5. The third-order valence-corrected chi connectivity index (χ3v) is 4.36. The molecule has 0 unspecified atom stereocenters. The zero-order valence-electron chi connectivity index (χ0n) is 14.9. The highest BCUT2D eigenvalue weighted by atomic mass is 19.1. The molecule has 0 radical (unpaired) electrons. The Bertz CT molecular complexity index is 995. The van der Waals surface area contributed by atoms with E-state index < -0.39 is 11.8 Å². The maximum Gasteiger partial charge on any atom is 0.319 e. The Morgan fingerprint density at radius 2 is 2.25 bits per heavy atom. The second-order valence-corrected chi connectivity index (χ2v) is 6.09. The minimum Gasteiger partial charge on any atom is -0.494 e. The number of rotatable bonds is 4. The number of hydrogen-bond donors (Lipinski definition) is 2. The van der Waals surface area contributed by atoms with Gasteiger partial charge in [-0.15, -0.1) is 5.10 Å². The first-order valence-corrected chi connectivity index (χ1v) is 8.56. The Hall–Kier alpha value is -3.69. The Kier molecular flexibility index (Phi) is 4.75. The van der Waals surface area contributed by atoms with E-state index in [0.717, 1.165) is 0 Å². The lowest BCUT2D eigenvalue weighted by Gasteiger charge is -2.27. The summed E-state index contributed by atoms with van der Waals surface area (Å²) in [5, 5.41) is 16.7. The molecule has 144 valence electrons. The van der Waals surface area contributed by atoms with Crippen molar-refractivity contribution in [2.75, 3.05) is 19.0 Å². The van der Waals surface area contributed by atoms with Crippen molar-refractivity contribution in [2.24, 2.45) is 0 Å². The molecule has 1 atom stereocenters. The molecule has 2 amide bonds. The van der Waals surface area contributed by atoms with Gasteiger partial charge in [-0.3, -0.25) is 0 Å². The number of nitrogens with one attached hydrogen (secondary N) is 2. The van der Waals surface area contributed by atoms with E-state index in [1.807, 2.05) is 0 Å². The van der Waals surface area contributed by atoms with Gasteiger partial charge in [-0.05, 0) is 34.7 Å². The summed E-state index contributed by atoms with van der Waals surface area (Å²) in [6, 6.07) is 8.98. The topological polar surface area (TPSA) is 103 Å². The molecule has 10 heteroatoms. The van der Waals surface area contributed by atoms with Crippen molar-refractivity contribution >= 4 is 11.7 Å². The average Bonchev–Trinajstić information content (AvgIpc) is 3.23. The molecular formula is C18H17FN6O3. The summed E-state index contributed by atoms with van der Waals surface area (Å²) in [5.74, 6) is 0.294. The molecule has 0 saturated heterocycles. The largest absolute Gasteiger partial charge is 0.494 e. The van der Waals surface area contributed by atoms with Gasteiger partial charge >= 0.3 is 6.03 Å². The van der Waals surface area contributed by atoms with Crippen molar-refractivity contribution in [2.45, 2.75) is 12.5 Å². The first-order valence-electron chi connectivity index (χ1n) is 8.56. The summed E-state index contributed by atoms with van der Waals surface area (Å²) in [5.41, 5.74) is 1.71. The summed E-state index contributed by atoms with van der Waals surface area (Å²) in [4.78, 5) is 12.5. The van der Waals surface area contributed by atoms with Gasteiger partial charge in [0, 0.05) is 17.7 Å². The van der Waals surface area contributed by atoms with E-state index in [1.54, 1.807) is 30.3 Å². The first-order chi connectivity index (χ1) is 13.7. The molecule has 28 heavy (non-hydrogen) atoms. The predicted octanol–water partition coefficient (Wildman–Crippen LogP) is 2.46. The van der Waals surface area contributed by atoms with Crippen LogP contribution < -0.4 is 20.1 Å². The van der Waals surface area contributed by atoms with Crippen molar-refractivity contribution in [3.8, 4) is 17.2 Å². The van der Waals surface area contributed by atoms with Crippen LogP contribution in [-0.4, -0.2) is 40.0 Å². The van der Waals surface area contributed by atoms with Crippen molar-refractivity contribution in [1.29, 1.82) is 0 Å². The van der Waals surface area contributed by atoms with Crippen LogP contribution in [0.3, 0.4) is 0 Å². The van der Waals surface area contributed by atoms with E-state index >= 15 is 0 Å². The Labute approximate surface area is 159 Å². The maximum absolute atomic E-state index is 13.9. The maximum atomic E-state index is 13.9. The monoisotopic (exact) mass is 384 g/mol. The van der Waals surface area contributed by atoms with Gasteiger partial charge in [-0.25, -0.2) is 9.18 Å². The van der Waals surface area contributed by atoms with Crippen molar-refractivity contribution in [3.05, 3.63) is 54.1 Å². The number of carbonyl (C=O) groups is 1. The van der Waals surface area contributed by atoms with Crippen LogP contribution in [0.15, 0.2) is 42.7 Å². The molecule has 0 spiro atoms. The van der Waals surface area contributed by atoms with Crippen molar-refractivity contribution in [3.63, 3.8) is 0 Å².